The predicted molar refractivity (Wildman–Crippen MR) is 70.0 cm³/mol. The Morgan fingerprint density at radius 1 is 1.29 bits per heavy atom. The van der Waals surface area contributed by atoms with Crippen LogP contribution in [0, 0.1) is 0 Å². The molecule has 0 heterocycles. The molecule has 1 rings (SSSR count). The third-order valence-electron chi connectivity index (χ3n) is 3.33. The molecule has 0 aromatic heterocycles. The molecule has 0 aromatic carbocycles. The van der Waals surface area contributed by atoms with E-state index in [4.69, 9.17) is 4.74 Å². The van der Waals surface area contributed by atoms with Gasteiger partial charge in [0.15, 0.2) is 0 Å². The summed E-state index contributed by atoms with van der Waals surface area (Å²) in [4.78, 5) is 11.6. The lowest BCUT2D eigenvalue weighted by atomic mass is 9.97. The standard InChI is InChI=1S/C14H27NO2/c1-3-8-13(11-14(16)15-4-2)17-12-9-6-5-7-10-12/h12-13H,3-11H2,1-2H3,(H,15,16). The van der Waals surface area contributed by atoms with Gasteiger partial charge in [0.25, 0.3) is 0 Å². The largest absolute Gasteiger partial charge is 0.374 e. The van der Waals surface area contributed by atoms with Gasteiger partial charge in [-0.3, -0.25) is 4.79 Å². The topological polar surface area (TPSA) is 38.3 Å². The van der Waals surface area contributed by atoms with Crippen LogP contribution in [0.25, 0.3) is 0 Å². The first-order valence-corrected chi connectivity index (χ1v) is 7.18. The lowest BCUT2D eigenvalue weighted by Crippen LogP contribution is -2.31. The molecule has 1 N–H and O–H groups in total. The third kappa shape index (κ3) is 6.06. The van der Waals surface area contributed by atoms with Crippen LogP contribution >= 0.6 is 0 Å². The second kappa shape index (κ2) is 8.51. The van der Waals surface area contributed by atoms with Crippen LogP contribution in [0.2, 0.25) is 0 Å². The van der Waals surface area contributed by atoms with Gasteiger partial charge in [-0.2, -0.15) is 0 Å². The van der Waals surface area contributed by atoms with E-state index in [9.17, 15) is 4.79 Å². The molecular weight excluding hydrogens is 214 g/mol. The summed E-state index contributed by atoms with van der Waals surface area (Å²) in [5.74, 6) is 0.127. The molecule has 0 spiro atoms. The van der Waals surface area contributed by atoms with Gasteiger partial charge in [-0.05, 0) is 26.2 Å². The Balaban J connectivity index is 2.32. The number of hydrogen-bond acceptors (Lipinski definition) is 2. The molecule has 3 nitrogen and oxygen atoms in total. The number of amides is 1. The molecule has 0 saturated heterocycles. The molecule has 1 unspecified atom stereocenters. The highest BCUT2D eigenvalue weighted by Gasteiger charge is 2.20. The van der Waals surface area contributed by atoms with Gasteiger partial charge in [0, 0.05) is 6.54 Å². The zero-order valence-corrected chi connectivity index (χ0v) is 11.3. The smallest absolute Gasteiger partial charge is 0.222 e. The molecule has 0 aromatic rings. The summed E-state index contributed by atoms with van der Waals surface area (Å²) >= 11 is 0. The Morgan fingerprint density at radius 3 is 2.59 bits per heavy atom. The van der Waals surface area contributed by atoms with Gasteiger partial charge in [-0.1, -0.05) is 32.6 Å². The van der Waals surface area contributed by atoms with Crippen molar-refractivity contribution in [2.45, 2.75) is 77.4 Å². The fraction of sp³-hybridized carbons (Fsp3) is 0.929. The van der Waals surface area contributed by atoms with E-state index in [1.807, 2.05) is 6.92 Å². The molecular formula is C14H27NO2. The highest BCUT2D eigenvalue weighted by Crippen LogP contribution is 2.23. The Kier molecular flexibility index (Phi) is 7.25. The number of rotatable bonds is 7. The third-order valence-corrected chi connectivity index (χ3v) is 3.33. The molecule has 1 fully saturated rings. The van der Waals surface area contributed by atoms with Gasteiger partial charge in [-0.25, -0.2) is 0 Å². The van der Waals surface area contributed by atoms with Crippen molar-refractivity contribution in [3.05, 3.63) is 0 Å². The minimum Gasteiger partial charge on any atom is -0.374 e. The van der Waals surface area contributed by atoms with Gasteiger partial charge < -0.3 is 10.1 Å². The normalized spacial score (nSPS) is 18.9. The second-order valence-corrected chi connectivity index (χ2v) is 4.96. The molecule has 0 bridgehead atoms. The zero-order valence-electron chi connectivity index (χ0n) is 11.3. The summed E-state index contributed by atoms with van der Waals surface area (Å²) in [5, 5.41) is 2.85. The average molecular weight is 241 g/mol. The molecule has 0 aliphatic heterocycles. The van der Waals surface area contributed by atoms with Crippen LogP contribution in [-0.4, -0.2) is 24.7 Å². The molecule has 100 valence electrons. The van der Waals surface area contributed by atoms with Crippen molar-refractivity contribution in [2.24, 2.45) is 0 Å². The van der Waals surface area contributed by atoms with Gasteiger partial charge >= 0.3 is 0 Å². The number of carbonyl (C=O) groups excluding carboxylic acids is 1. The maximum absolute atomic E-state index is 11.6. The first-order chi connectivity index (χ1) is 8.26. The zero-order chi connectivity index (χ0) is 12.5. The monoisotopic (exact) mass is 241 g/mol. The molecule has 17 heavy (non-hydrogen) atoms. The van der Waals surface area contributed by atoms with Crippen molar-refractivity contribution in [3.8, 4) is 0 Å². The minimum atomic E-state index is 0.120. The molecule has 1 amide bonds. The van der Waals surface area contributed by atoms with Crippen molar-refractivity contribution in [1.29, 1.82) is 0 Å². The summed E-state index contributed by atoms with van der Waals surface area (Å²) in [7, 11) is 0. The van der Waals surface area contributed by atoms with Crippen molar-refractivity contribution in [3.63, 3.8) is 0 Å². The van der Waals surface area contributed by atoms with Gasteiger partial charge in [0.05, 0.1) is 18.6 Å². The van der Waals surface area contributed by atoms with Gasteiger partial charge in [0.2, 0.25) is 5.91 Å². The van der Waals surface area contributed by atoms with E-state index in [-0.39, 0.29) is 12.0 Å². The van der Waals surface area contributed by atoms with Crippen molar-refractivity contribution in [1.82, 2.24) is 5.32 Å². The summed E-state index contributed by atoms with van der Waals surface area (Å²) in [5.41, 5.74) is 0. The first-order valence-electron chi connectivity index (χ1n) is 7.18. The summed E-state index contributed by atoms with van der Waals surface area (Å²) in [6.45, 7) is 4.81. The maximum Gasteiger partial charge on any atom is 0.222 e. The quantitative estimate of drug-likeness (QED) is 0.744. The van der Waals surface area contributed by atoms with Gasteiger partial charge in [0.1, 0.15) is 0 Å². The highest BCUT2D eigenvalue weighted by molar-refractivity contribution is 5.76. The predicted octanol–water partition coefficient (Wildman–Crippen LogP) is 3.03. The number of nitrogens with one attached hydrogen (secondary N) is 1. The lowest BCUT2D eigenvalue weighted by molar-refractivity contribution is -0.125. The Morgan fingerprint density at radius 2 is 2.00 bits per heavy atom. The molecule has 1 saturated carbocycles. The van der Waals surface area contributed by atoms with E-state index >= 15 is 0 Å². The maximum atomic E-state index is 11.6. The summed E-state index contributed by atoms with van der Waals surface area (Å²) < 4.78 is 6.09. The van der Waals surface area contributed by atoms with E-state index in [0.717, 1.165) is 12.8 Å². The van der Waals surface area contributed by atoms with E-state index < -0.39 is 0 Å². The van der Waals surface area contributed by atoms with E-state index in [2.05, 4.69) is 12.2 Å². The van der Waals surface area contributed by atoms with E-state index in [1.165, 1.54) is 32.1 Å². The molecule has 3 heteroatoms. The lowest BCUT2D eigenvalue weighted by Gasteiger charge is -2.27. The van der Waals surface area contributed by atoms with E-state index in [1.54, 1.807) is 0 Å². The fourth-order valence-electron chi connectivity index (χ4n) is 2.49. The number of carbonyl (C=O) groups is 1. The Bertz CT molecular complexity index is 212. The molecule has 1 aliphatic rings. The number of ether oxygens (including phenoxy) is 1. The molecule has 1 atom stereocenters. The van der Waals surface area contributed by atoms with Crippen molar-refractivity contribution < 1.29 is 9.53 Å². The Hall–Kier alpha value is -0.570. The van der Waals surface area contributed by atoms with Crippen molar-refractivity contribution >= 4 is 5.91 Å². The van der Waals surface area contributed by atoms with Crippen molar-refractivity contribution in [2.75, 3.05) is 6.54 Å². The fourth-order valence-corrected chi connectivity index (χ4v) is 2.49. The Labute approximate surface area is 105 Å². The van der Waals surface area contributed by atoms with Crippen LogP contribution in [0.3, 0.4) is 0 Å². The SMILES string of the molecule is CCCC(CC(=O)NCC)OC1CCCCC1. The highest BCUT2D eigenvalue weighted by atomic mass is 16.5. The molecule has 1 aliphatic carbocycles. The minimum absolute atomic E-state index is 0.120. The van der Waals surface area contributed by atoms with Crippen LogP contribution in [0.5, 0.6) is 0 Å². The van der Waals surface area contributed by atoms with Gasteiger partial charge in [-0.15, -0.1) is 0 Å². The van der Waals surface area contributed by atoms with Crippen LogP contribution < -0.4 is 5.32 Å². The van der Waals surface area contributed by atoms with Crippen LogP contribution in [0.4, 0.5) is 0 Å². The van der Waals surface area contributed by atoms with E-state index in [0.29, 0.717) is 19.1 Å². The number of hydrogen-bond donors (Lipinski definition) is 1. The summed E-state index contributed by atoms with van der Waals surface area (Å²) in [6, 6.07) is 0. The van der Waals surface area contributed by atoms with Crippen LogP contribution in [0.15, 0.2) is 0 Å². The van der Waals surface area contributed by atoms with Crippen LogP contribution in [0.1, 0.15) is 65.2 Å². The summed E-state index contributed by atoms with van der Waals surface area (Å²) in [6.07, 6.45) is 9.38. The second-order valence-electron chi connectivity index (χ2n) is 4.96. The van der Waals surface area contributed by atoms with Crippen LogP contribution in [-0.2, 0) is 9.53 Å². The first kappa shape index (κ1) is 14.5. The average Bonchev–Trinajstić information content (AvgIpc) is 2.31. The molecule has 0 radical (unpaired) electrons.